The Morgan fingerprint density at radius 3 is 2.14 bits per heavy atom. The van der Waals surface area contributed by atoms with Crippen LogP contribution in [0.1, 0.15) is 112 Å². The summed E-state index contributed by atoms with van der Waals surface area (Å²) in [6.45, 7) is 20.7. The van der Waals surface area contributed by atoms with Crippen molar-refractivity contribution in [3.8, 4) is 0 Å². The van der Waals surface area contributed by atoms with E-state index < -0.39 is 80.3 Å². The largest absolute Gasteiger partial charge is 0.348 e. The molecule has 6 N–H and O–H groups in total. The second-order valence-electron chi connectivity index (χ2n) is 20.5. The van der Waals surface area contributed by atoms with Crippen LogP contribution in [0.4, 0.5) is 0 Å². The van der Waals surface area contributed by atoms with Crippen molar-refractivity contribution in [2.24, 2.45) is 33.0 Å². The summed E-state index contributed by atoms with van der Waals surface area (Å²) in [5.74, 6) is -3.17. The van der Waals surface area contributed by atoms with Gasteiger partial charge < -0.3 is 25.8 Å². The van der Waals surface area contributed by atoms with Gasteiger partial charge in [-0.15, -0.1) is 6.58 Å². The fourth-order valence-electron chi connectivity index (χ4n) is 10.9. The maximum absolute atomic E-state index is 15.1. The number of amides is 5. The van der Waals surface area contributed by atoms with Gasteiger partial charge in [0.15, 0.2) is 0 Å². The predicted octanol–water partition coefficient (Wildman–Crippen LogP) is 1.80. The number of rotatable bonds is 11. The van der Waals surface area contributed by atoms with Crippen LogP contribution in [0, 0.1) is 33.0 Å². The van der Waals surface area contributed by atoms with E-state index in [4.69, 9.17) is 0 Å². The molecule has 2 spiro atoms. The number of hydrogen-bond acceptors (Lipinski definition) is 9. The zero-order valence-electron chi connectivity index (χ0n) is 35.3. The van der Waals surface area contributed by atoms with E-state index in [1.54, 1.807) is 17.3 Å². The van der Waals surface area contributed by atoms with Crippen LogP contribution in [-0.4, -0.2) is 106 Å². The third-order valence-corrected chi connectivity index (χ3v) is 16.4. The van der Waals surface area contributed by atoms with Crippen molar-refractivity contribution in [2.45, 2.75) is 143 Å². The van der Waals surface area contributed by atoms with Crippen molar-refractivity contribution >= 4 is 39.7 Å². The molecular formula is C41H63N9O7S. The first-order valence-corrected chi connectivity index (χ1v) is 22.3. The average Bonchev–Trinajstić information content (AvgIpc) is 3.54. The van der Waals surface area contributed by atoms with Crippen molar-refractivity contribution in [2.75, 3.05) is 19.6 Å². The summed E-state index contributed by atoms with van der Waals surface area (Å²) in [5, 5.41) is 12.1. The van der Waals surface area contributed by atoms with Crippen LogP contribution in [0.3, 0.4) is 0 Å². The average molecular weight is 826 g/mol. The molecule has 1 aromatic rings. The summed E-state index contributed by atoms with van der Waals surface area (Å²) in [6.07, 6.45) is 8.49. The molecule has 1 aromatic heterocycles. The number of likely N-dealkylation sites (tertiary alicyclic amines) is 1. The van der Waals surface area contributed by atoms with Gasteiger partial charge in [0.1, 0.15) is 23.7 Å². The van der Waals surface area contributed by atoms with E-state index in [0.29, 0.717) is 51.9 Å². The topological polar surface area (TPSA) is 215 Å². The van der Waals surface area contributed by atoms with E-state index in [1.807, 2.05) is 41.5 Å². The highest BCUT2D eigenvalue weighted by atomic mass is 32.2. The van der Waals surface area contributed by atoms with Crippen molar-refractivity contribution in [1.82, 2.24) is 45.2 Å². The van der Waals surface area contributed by atoms with Gasteiger partial charge >= 0.3 is 10.2 Å². The number of carbonyl (C=O) groups excluding carboxylic acids is 5. The minimum absolute atomic E-state index is 0.0398. The molecular weight excluding hydrogens is 763 g/mol. The molecule has 3 saturated carbocycles. The number of fused-ring (bicyclic) bond motifs is 2. The Hall–Kier alpha value is -3.83. The molecule has 5 amide bonds. The number of carbonyl (C=O) groups is 5. The van der Waals surface area contributed by atoms with Gasteiger partial charge in [0.25, 0.3) is 5.91 Å². The van der Waals surface area contributed by atoms with Gasteiger partial charge in [-0.3, -0.25) is 29.3 Å². The van der Waals surface area contributed by atoms with E-state index in [9.17, 15) is 27.6 Å². The third kappa shape index (κ3) is 6.76. The van der Waals surface area contributed by atoms with Gasteiger partial charge in [0.2, 0.25) is 23.6 Å². The Balaban J connectivity index is 1.14. The van der Waals surface area contributed by atoms with Gasteiger partial charge in [-0.2, -0.15) is 12.7 Å². The Bertz CT molecular complexity index is 1990. The molecule has 3 aliphatic heterocycles. The molecule has 0 radical (unpaired) electrons. The summed E-state index contributed by atoms with van der Waals surface area (Å²) in [7, 11) is -4.12. The van der Waals surface area contributed by atoms with Crippen LogP contribution in [0.5, 0.6) is 0 Å². The van der Waals surface area contributed by atoms with Crippen LogP contribution < -0.4 is 26.0 Å². The molecule has 6 aliphatic rings. The number of aromatic amines is 1. The monoisotopic (exact) mass is 825 g/mol. The lowest BCUT2D eigenvalue weighted by atomic mass is 9.73. The van der Waals surface area contributed by atoms with Crippen molar-refractivity contribution < 1.29 is 32.4 Å². The predicted molar refractivity (Wildman–Crippen MR) is 215 cm³/mol. The zero-order valence-corrected chi connectivity index (χ0v) is 36.2. The van der Waals surface area contributed by atoms with Gasteiger partial charge in [0, 0.05) is 49.6 Å². The molecule has 3 aliphatic carbocycles. The number of hydrogen-bond donors (Lipinski definition) is 6. The molecule has 5 fully saturated rings. The number of nitrogens with zero attached hydrogens (tertiary/aromatic N) is 3. The fourth-order valence-corrected chi connectivity index (χ4v) is 12.2. The zero-order chi connectivity index (χ0) is 42.4. The second kappa shape index (κ2) is 14.1. The Morgan fingerprint density at radius 2 is 1.59 bits per heavy atom. The molecule has 16 nitrogen and oxygen atoms in total. The Morgan fingerprint density at radius 1 is 0.931 bits per heavy atom. The van der Waals surface area contributed by atoms with Crippen LogP contribution in [0.15, 0.2) is 19.0 Å². The quantitative estimate of drug-likeness (QED) is 0.179. The number of imidazole rings is 1. The van der Waals surface area contributed by atoms with Gasteiger partial charge in [0.05, 0.1) is 18.1 Å². The summed E-state index contributed by atoms with van der Waals surface area (Å²) in [5.41, 5.74) is -1.96. The minimum Gasteiger partial charge on any atom is -0.348 e. The molecule has 7 rings (SSSR count). The maximum atomic E-state index is 15.1. The van der Waals surface area contributed by atoms with E-state index in [-0.39, 0.29) is 28.6 Å². The summed E-state index contributed by atoms with van der Waals surface area (Å²) < 4.78 is 29.8. The van der Waals surface area contributed by atoms with Crippen LogP contribution in [-0.2, 0) is 47.1 Å². The fraction of sp³-hybridized carbons (Fsp3) is 0.756. The first-order chi connectivity index (χ1) is 26.9. The third-order valence-electron chi connectivity index (χ3n) is 14.9. The van der Waals surface area contributed by atoms with Crippen LogP contribution >= 0.6 is 0 Å². The molecule has 320 valence electrons. The molecule has 4 heterocycles. The van der Waals surface area contributed by atoms with Gasteiger partial charge in [-0.1, -0.05) is 67.9 Å². The van der Waals surface area contributed by atoms with Gasteiger partial charge in [-0.05, 0) is 60.2 Å². The molecule has 0 bridgehead atoms. The molecule has 17 heteroatoms. The molecule has 1 unspecified atom stereocenters. The minimum atomic E-state index is -4.12. The first-order valence-electron chi connectivity index (χ1n) is 20.9. The first kappa shape index (κ1) is 42.3. The van der Waals surface area contributed by atoms with E-state index in [1.165, 1.54) is 4.31 Å². The molecule has 0 aromatic carbocycles. The van der Waals surface area contributed by atoms with E-state index in [2.05, 4.69) is 56.4 Å². The highest BCUT2D eigenvalue weighted by Crippen LogP contribution is 2.88. The van der Waals surface area contributed by atoms with Crippen molar-refractivity contribution in [3.63, 3.8) is 0 Å². The Labute approximate surface area is 342 Å². The number of H-pyrrole nitrogens is 1. The molecule has 2 saturated heterocycles. The van der Waals surface area contributed by atoms with Crippen LogP contribution in [0.2, 0.25) is 0 Å². The Kier molecular flexibility index (Phi) is 10.3. The van der Waals surface area contributed by atoms with Crippen molar-refractivity contribution in [3.05, 3.63) is 30.4 Å². The molecule has 7 atom stereocenters. The maximum Gasteiger partial charge on any atom is 0.303 e. The van der Waals surface area contributed by atoms with Gasteiger partial charge in [-0.25, -0.2) is 9.71 Å². The van der Waals surface area contributed by atoms with E-state index >= 15 is 4.79 Å². The number of nitrogens with one attached hydrogen (secondary N) is 6. The normalized spacial score (nSPS) is 30.8. The standard InChI is InChI=1S/C41H63N9O7S/c1-10-24-19-41(24,35(55)48-58(56,57)49-16-11-12-17-49)47-32(52)28-20-40(38(8,9)39(40)14-13-15-39)22-50(28)34(54)30(37(5,6)7)46-33(53)29(36(2,3)4)45-31(51)26-18-25-27(21-42-26)44-23-43-25/h10,23-24,26,28-30,42H,1,11-22H2,2-9H3,(H,43,44)(H,45,51)(H,46,53)(H,47,52)(H,48,55)/t24-,26?,28+,29-,30-,40-,41-/m1/s1. The van der Waals surface area contributed by atoms with E-state index in [0.717, 1.165) is 30.7 Å². The lowest BCUT2D eigenvalue weighted by Crippen LogP contribution is -2.64. The SMILES string of the molecule is C=C[C@@H]1C[C@]1(NC(=O)[C@@H]1C[C@@]2(CN1C(=O)[C@@H](NC(=O)[C@@H](NC(=O)C1Cc3[nH]cnc3CN1)C(C)(C)C)C(C)(C)C)C(C)(C)C21CCC1)C(=O)NS(=O)(=O)N1CCCC1. The highest BCUT2D eigenvalue weighted by molar-refractivity contribution is 7.87. The summed E-state index contributed by atoms with van der Waals surface area (Å²) in [6, 6.07) is -3.67. The lowest BCUT2D eigenvalue weighted by molar-refractivity contribution is -0.145. The van der Waals surface area contributed by atoms with Crippen LogP contribution in [0.25, 0.3) is 0 Å². The second-order valence-corrected chi connectivity index (χ2v) is 22.1. The summed E-state index contributed by atoms with van der Waals surface area (Å²) >= 11 is 0. The molecule has 58 heavy (non-hydrogen) atoms. The highest BCUT2D eigenvalue weighted by Gasteiger charge is 2.85. The number of aromatic nitrogens is 2. The lowest BCUT2D eigenvalue weighted by Gasteiger charge is -2.38. The summed E-state index contributed by atoms with van der Waals surface area (Å²) in [4.78, 5) is 80.6. The smallest absolute Gasteiger partial charge is 0.303 e. The van der Waals surface area contributed by atoms with Crippen molar-refractivity contribution in [1.29, 1.82) is 0 Å².